The largest absolute Gasteiger partial charge is 0.492 e. The van der Waals surface area contributed by atoms with Crippen LogP contribution in [0.5, 0.6) is 11.5 Å². The molecule has 0 aliphatic carbocycles. The number of nitrogens with one attached hydrogen (secondary N) is 3. The predicted octanol–water partition coefficient (Wildman–Crippen LogP) is 3.92. The Morgan fingerprint density at radius 1 is 1.12 bits per heavy atom. The monoisotopic (exact) mass is 572 g/mol. The molecular weight excluding hydrogens is 539 g/mol. The number of ether oxygens (including phenoxy) is 2. The Morgan fingerprint density at radius 2 is 1.95 bits per heavy atom. The molecule has 2 aliphatic rings. The van der Waals surface area contributed by atoms with E-state index < -0.39 is 5.82 Å². The van der Waals surface area contributed by atoms with Gasteiger partial charge in [0.15, 0.2) is 11.6 Å². The van der Waals surface area contributed by atoms with E-state index in [-0.39, 0.29) is 29.2 Å². The zero-order valence-corrected chi connectivity index (χ0v) is 23.6. The first kappa shape index (κ1) is 27.5. The van der Waals surface area contributed by atoms with Gasteiger partial charge in [-0.05, 0) is 57.2 Å². The molecule has 42 heavy (non-hydrogen) atoms. The first-order valence-electron chi connectivity index (χ1n) is 14.0. The van der Waals surface area contributed by atoms with Gasteiger partial charge in [0.25, 0.3) is 11.5 Å². The summed E-state index contributed by atoms with van der Waals surface area (Å²) in [5, 5.41) is 6.45. The van der Waals surface area contributed by atoms with E-state index in [0.717, 1.165) is 31.6 Å². The lowest BCUT2D eigenvalue weighted by molar-refractivity contribution is 0.0895. The fraction of sp³-hybridized carbons (Fsp3) is 0.323. The summed E-state index contributed by atoms with van der Waals surface area (Å²) in [4.78, 5) is 35.9. The summed E-state index contributed by atoms with van der Waals surface area (Å²) >= 11 is 0. The van der Waals surface area contributed by atoms with Crippen molar-refractivity contribution in [2.45, 2.75) is 24.8 Å². The van der Waals surface area contributed by atoms with Gasteiger partial charge in [-0.2, -0.15) is 0 Å². The number of aromatic nitrogens is 3. The second kappa shape index (κ2) is 11.3. The molecule has 2 aliphatic heterocycles. The third kappa shape index (κ3) is 5.00. The first-order valence-corrected chi connectivity index (χ1v) is 14.0. The highest BCUT2D eigenvalue weighted by Gasteiger charge is 2.45. The number of aromatic amines is 1. The molecule has 0 radical (unpaired) electrons. The molecule has 0 unspecified atom stereocenters. The van der Waals surface area contributed by atoms with E-state index >= 15 is 0 Å². The van der Waals surface area contributed by atoms with Crippen molar-refractivity contribution in [2.24, 2.45) is 0 Å². The van der Waals surface area contributed by atoms with Crippen LogP contribution in [-0.4, -0.2) is 65.7 Å². The second-order valence-corrected chi connectivity index (χ2v) is 10.8. The van der Waals surface area contributed by atoms with Crippen molar-refractivity contribution in [3.05, 3.63) is 88.5 Å². The molecule has 3 N–H and O–H groups in total. The Kier molecular flexibility index (Phi) is 7.42. The Labute approximate surface area is 242 Å². The van der Waals surface area contributed by atoms with Crippen molar-refractivity contribution in [1.29, 1.82) is 0 Å². The van der Waals surface area contributed by atoms with Crippen LogP contribution in [0.4, 0.5) is 15.8 Å². The van der Waals surface area contributed by atoms with E-state index in [1.165, 1.54) is 19.2 Å². The molecule has 5 heterocycles. The molecular formula is C31H33FN6O4. The number of methoxy groups -OCH3 is 1. The molecule has 1 amide bonds. The van der Waals surface area contributed by atoms with Crippen LogP contribution in [0.25, 0.3) is 11.3 Å². The van der Waals surface area contributed by atoms with E-state index in [9.17, 15) is 14.0 Å². The molecule has 1 aromatic carbocycles. The second-order valence-electron chi connectivity index (χ2n) is 10.8. The molecule has 1 fully saturated rings. The number of carbonyl (C=O) groups is 1. The minimum Gasteiger partial charge on any atom is -0.492 e. The van der Waals surface area contributed by atoms with Crippen molar-refractivity contribution in [1.82, 2.24) is 24.8 Å². The highest BCUT2D eigenvalue weighted by atomic mass is 19.1. The molecule has 0 atom stereocenters. The number of carbonyl (C=O) groups excluding carboxylic acids is 1. The van der Waals surface area contributed by atoms with Crippen LogP contribution in [0.15, 0.2) is 65.8 Å². The topological polar surface area (TPSA) is 114 Å². The highest BCUT2D eigenvalue weighted by molar-refractivity contribution is 6.07. The van der Waals surface area contributed by atoms with E-state index in [1.807, 2.05) is 6.07 Å². The van der Waals surface area contributed by atoms with Crippen molar-refractivity contribution in [3.8, 4) is 22.8 Å². The molecule has 10 nitrogen and oxygen atoms in total. The van der Waals surface area contributed by atoms with E-state index in [0.29, 0.717) is 47.0 Å². The predicted molar refractivity (Wildman–Crippen MR) is 157 cm³/mol. The summed E-state index contributed by atoms with van der Waals surface area (Å²) in [6, 6.07) is 11.4. The number of halogens is 1. The number of para-hydroxylation sites is 1. The van der Waals surface area contributed by atoms with E-state index in [1.54, 1.807) is 47.4 Å². The molecule has 1 spiro atoms. The number of H-pyrrole nitrogens is 1. The van der Waals surface area contributed by atoms with Gasteiger partial charge >= 0.3 is 0 Å². The van der Waals surface area contributed by atoms with Gasteiger partial charge in [-0.1, -0.05) is 12.1 Å². The zero-order chi connectivity index (χ0) is 29.3. The number of benzene rings is 1. The average molecular weight is 573 g/mol. The van der Waals surface area contributed by atoms with Crippen molar-refractivity contribution in [3.63, 3.8) is 0 Å². The maximum Gasteiger partial charge on any atom is 0.255 e. The number of anilines is 2. The van der Waals surface area contributed by atoms with Gasteiger partial charge in [-0.25, -0.2) is 4.39 Å². The third-order valence-electron chi connectivity index (χ3n) is 8.26. The van der Waals surface area contributed by atoms with E-state index in [2.05, 4.69) is 32.5 Å². The number of piperidine rings is 1. The zero-order valence-electron chi connectivity index (χ0n) is 23.6. The Morgan fingerprint density at radius 3 is 2.74 bits per heavy atom. The summed E-state index contributed by atoms with van der Waals surface area (Å²) < 4.78 is 27.8. The van der Waals surface area contributed by atoms with Crippen LogP contribution in [0.2, 0.25) is 0 Å². The van der Waals surface area contributed by atoms with Gasteiger partial charge in [0.1, 0.15) is 12.4 Å². The number of hydrogen-bond acceptors (Lipinski definition) is 7. The molecule has 11 heteroatoms. The lowest BCUT2D eigenvalue weighted by atomic mass is 9.72. The number of rotatable bonds is 8. The van der Waals surface area contributed by atoms with Crippen molar-refractivity contribution >= 4 is 17.3 Å². The molecule has 6 rings (SSSR count). The van der Waals surface area contributed by atoms with Crippen molar-refractivity contribution in [2.75, 3.05) is 45.7 Å². The van der Waals surface area contributed by atoms with Crippen LogP contribution in [-0.2, 0) is 12.0 Å². The van der Waals surface area contributed by atoms with Gasteiger partial charge in [-0.15, -0.1) is 0 Å². The lowest BCUT2D eigenvalue weighted by Gasteiger charge is -2.43. The number of hydrogen-bond donors (Lipinski definition) is 3. The molecule has 1 saturated heterocycles. The maximum absolute atomic E-state index is 14.7. The van der Waals surface area contributed by atoms with E-state index in [4.69, 9.17) is 9.47 Å². The minimum absolute atomic E-state index is 0.0446. The molecule has 0 saturated carbocycles. The van der Waals surface area contributed by atoms with Crippen molar-refractivity contribution < 1.29 is 18.7 Å². The number of amides is 1. The summed E-state index contributed by atoms with van der Waals surface area (Å²) in [5.41, 5.74) is 3.13. The number of pyridine rings is 2. The van der Waals surface area contributed by atoms with Crippen LogP contribution in [0.3, 0.4) is 0 Å². The normalized spacial score (nSPS) is 16.1. The molecule has 0 bridgehead atoms. The Balaban J connectivity index is 1.45. The fourth-order valence-corrected chi connectivity index (χ4v) is 5.90. The quantitative estimate of drug-likeness (QED) is 0.293. The average Bonchev–Trinajstić information content (AvgIpc) is 3.38. The fourth-order valence-electron chi connectivity index (χ4n) is 5.90. The summed E-state index contributed by atoms with van der Waals surface area (Å²) in [6.45, 7) is 2.89. The lowest BCUT2D eigenvalue weighted by Crippen LogP contribution is -2.52. The first-order chi connectivity index (χ1) is 20.4. The maximum atomic E-state index is 14.7. The number of likely N-dealkylation sites (tertiary alicyclic amines) is 1. The smallest absolute Gasteiger partial charge is 0.255 e. The standard InChI is InChI=1S/C31H33FN6O4/c1-37-14-10-31(11-15-37)19-34-30(40)25-27(35-22-7-5-6-21(32)28(22)41-2)26(36-29(25)31)20-9-12-33-18-23(20)42-17-16-38-13-4-3-8-24(38)39/h3-9,12-13,18,35-36H,10-11,14-17,19H2,1-2H3,(H,34,40). The van der Waals surface area contributed by atoms with Gasteiger partial charge in [0.2, 0.25) is 0 Å². The minimum atomic E-state index is -0.520. The van der Waals surface area contributed by atoms with Gasteiger partial charge in [0, 0.05) is 41.7 Å². The van der Waals surface area contributed by atoms with Crippen LogP contribution >= 0.6 is 0 Å². The van der Waals surface area contributed by atoms with Gasteiger partial charge in [0.05, 0.1) is 42.5 Å². The SMILES string of the molecule is COc1c(F)cccc1Nc1c(-c2ccncc2OCCn2ccccc2=O)[nH]c2c1C(=O)NCC21CCN(C)CC1. The van der Waals surface area contributed by atoms with Crippen LogP contribution < -0.4 is 25.7 Å². The Hall–Kier alpha value is -4.64. The van der Waals surface area contributed by atoms with Crippen LogP contribution in [0.1, 0.15) is 28.9 Å². The summed E-state index contributed by atoms with van der Waals surface area (Å²) in [5.74, 6) is -0.209. The molecule has 3 aromatic heterocycles. The highest BCUT2D eigenvalue weighted by Crippen LogP contribution is 2.47. The third-order valence-corrected chi connectivity index (χ3v) is 8.26. The molecule has 4 aromatic rings. The summed E-state index contributed by atoms with van der Waals surface area (Å²) in [6.07, 6.45) is 6.71. The Bertz CT molecular complexity index is 1670. The van der Waals surface area contributed by atoms with Gasteiger partial charge < -0.3 is 34.6 Å². The number of fused-ring (bicyclic) bond motifs is 2. The van der Waals surface area contributed by atoms with Gasteiger partial charge in [-0.3, -0.25) is 14.6 Å². The number of nitrogens with zero attached hydrogens (tertiary/aromatic N) is 3. The summed E-state index contributed by atoms with van der Waals surface area (Å²) in [7, 11) is 3.51. The molecule has 218 valence electrons. The van der Waals surface area contributed by atoms with Crippen LogP contribution in [0, 0.1) is 5.82 Å².